The van der Waals surface area contributed by atoms with Crippen molar-refractivity contribution in [3.8, 4) is 5.75 Å². The third-order valence-corrected chi connectivity index (χ3v) is 9.76. The second kappa shape index (κ2) is 10.0. The summed E-state index contributed by atoms with van der Waals surface area (Å²) in [4.78, 5) is 21.4. The number of nitrogens with zero attached hydrogens (tertiary/aromatic N) is 2. The molecule has 2 aliphatic carbocycles. The third kappa shape index (κ3) is 4.85. The van der Waals surface area contributed by atoms with Crippen molar-refractivity contribution in [1.29, 1.82) is 0 Å². The molecule has 190 valence electrons. The average Bonchev–Trinajstić information content (AvgIpc) is 3.25. The number of hydrogen-bond acceptors (Lipinski definition) is 6. The molecule has 1 N–H and O–H groups in total. The van der Waals surface area contributed by atoms with Gasteiger partial charge in [-0.2, -0.15) is 0 Å². The van der Waals surface area contributed by atoms with E-state index in [9.17, 15) is 9.90 Å². The lowest BCUT2D eigenvalue weighted by atomic mass is 9.53. The predicted octanol–water partition coefficient (Wildman–Crippen LogP) is 4.92. The number of carbonyl (C=O) groups excluding carboxylic acids is 1. The molecule has 8 heteroatoms. The molecule has 6 atom stereocenters. The van der Waals surface area contributed by atoms with Crippen molar-refractivity contribution < 1.29 is 19.4 Å². The first-order chi connectivity index (χ1) is 16.8. The van der Waals surface area contributed by atoms with Crippen LogP contribution in [-0.4, -0.2) is 53.3 Å². The Hall–Kier alpha value is -1.67. The molecule has 35 heavy (non-hydrogen) atoms. The summed E-state index contributed by atoms with van der Waals surface area (Å²) in [6, 6.07) is 7.41. The number of aliphatic hydroxyl groups is 1. The van der Waals surface area contributed by atoms with Gasteiger partial charge in [-0.1, -0.05) is 38.4 Å². The number of aromatic nitrogens is 1. The Morgan fingerprint density at radius 1 is 1.40 bits per heavy atom. The number of fused-ring (bicyclic) bond motifs is 2. The number of halogens is 1. The van der Waals surface area contributed by atoms with Gasteiger partial charge in [-0.3, -0.25) is 4.79 Å². The van der Waals surface area contributed by atoms with Crippen LogP contribution in [0.5, 0.6) is 5.75 Å². The second-order valence-corrected chi connectivity index (χ2v) is 12.3. The van der Waals surface area contributed by atoms with E-state index in [0.717, 1.165) is 35.7 Å². The normalized spacial score (nSPS) is 31.4. The van der Waals surface area contributed by atoms with E-state index >= 15 is 0 Å². The van der Waals surface area contributed by atoms with E-state index in [1.165, 1.54) is 4.88 Å². The van der Waals surface area contributed by atoms with Gasteiger partial charge in [0.15, 0.2) is 0 Å². The standard InChI is InChI=1S/C27H35ClN2O4S/c1-16(26(32)30-9-11-33-12-10-30)20-7-8-27(3)14-21-24(17(2)23(27)25(20)31)29-22(35-21)15-34-19-6-4-5-18(28)13-19/h4-6,13,16-17,20,23,25,31H,7-12,14-15H2,1-3H3/t16-,17-,20-,23+,25-,27-/m0/s1. The summed E-state index contributed by atoms with van der Waals surface area (Å²) in [6.07, 6.45) is 2.28. The molecular formula is C27H35ClN2O4S. The van der Waals surface area contributed by atoms with Crippen LogP contribution in [0.25, 0.3) is 0 Å². The van der Waals surface area contributed by atoms with Gasteiger partial charge in [0.25, 0.3) is 0 Å². The number of carbonyl (C=O) groups is 1. The molecule has 1 amide bonds. The van der Waals surface area contributed by atoms with E-state index in [2.05, 4.69) is 13.8 Å². The molecule has 2 fully saturated rings. The van der Waals surface area contributed by atoms with Crippen LogP contribution in [0.1, 0.15) is 55.1 Å². The monoisotopic (exact) mass is 518 g/mol. The molecule has 1 saturated carbocycles. The molecule has 0 radical (unpaired) electrons. The van der Waals surface area contributed by atoms with Gasteiger partial charge in [-0.05, 0) is 54.7 Å². The van der Waals surface area contributed by atoms with Gasteiger partial charge in [0.05, 0.1) is 25.0 Å². The number of morpholine rings is 1. The molecule has 6 nitrogen and oxygen atoms in total. The molecule has 1 aliphatic heterocycles. The first-order valence-electron chi connectivity index (χ1n) is 12.7. The summed E-state index contributed by atoms with van der Waals surface area (Å²) in [5.41, 5.74) is 1.09. The van der Waals surface area contributed by atoms with E-state index in [4.69, 9.17) is 26.1 Å². The number of benzene rings is 1. The number of thiazole rings is 1. The highest BCUT2D eigenvalue weighted by Crippen LogP contribution is 2.57. The lowest BCUT2D eigenvalue weighted by molar-refractivity contribution is -0.148. The smallest absolute Gasteiger partial charge is 0.225 e. The SMILES string of the molecule is C[C@H](C(=O)N1CCOCC1)[C@@H]1CC[C@@]2(C)Cc3sc(COc4cccc(Cl)c4)nc3[C@@H](C)[C@@H]2[C@H]1O. The molecule has 2 aromatic rings. The summed E-state index contributed by atoms with van der Waals surface area (Å²) in [5, 5.41) is 13.3. The lowest BCUT2D eigenvalue weighted by Crippen LogP contribution is -2.54. The number of hydrogen-bond donors (Lipinski definition) is 1. The van der Waals surface area contributed by atoms with Gasteiger partial charge in [-0.25, -0.2) is 4.98 Å². The van der Waals surface area contributed by atoms with E-state index < -0.39 is 6.10 Å². The Bertz CT molecular complexity index is 1070. The molecule has 0 spiro atoms. The molecule has 0 unspecified atom stereocenters. The van der Waals surface area contributed by atoms with Crippen LogP contribution in [0.3, 0.4) is 0 Å². The Kier molecular flexibility index (Phi) is 7.14. The molecular weight excluding hydrogens is 484 g/mol. The van der Waals surface area contributed by atoms with Gasteiger partial charge < -0.3 is 19.5 Å². The number of amides is 1. The maximum Gasteiger partial charge on any atom is 0.225 e. The Morgan fingerprint density at radius 2 is 2.17 bits per heavy atom. The molecule has 0 bridgehead atoms. The molecule has 1 aromatic heterocycles. The van der Waals surface area contributed by atoms with Gasteiger partial charge in [0.2, 0.25) is 5.91 Å². The maximum absolute atomic E-state index is 13.2. The summed E-state index contributed by atoms with van der Waals surface area (Å²) < 4.78 is 11.4. The highest BCUT2D eigenvalue weighted by atomic mass is 35.5. The summed E-state index contributed by atoms with van der Waals surface area (Å²) in [7, 11) is 0. The predicted molar refractivity (Wildman–Crippen MR) is 137 cm³/mol. The average molecular weight is 519 g/mol. The van der Waals surface area contributed by atoms with Gasteiger partial charge >= 0.3 is 0 Å². The third-order valence-electron chi connectivity index (χ3n) is 8.48. The molecule has 2 heterocycles. The number of aliphatic hydroxyl groups excluding tert-OH is 1. The van der Waals surface area contributed by atoms with Crippen LogP contribution in [-0.2, 0) is 22.6 Å². The Morgan fingerprint density at radius 3 is 2.91 bits per heavy atom. The van der Waals surface area contributed by atoms with Crippen LogP contribution >= 0.6 is 22.9 Å². The first kappa shape index (κ1) is 25.0. The maximum atomic E-state index is 13.2. The van der Waals surface area contributed by atoms with Crippen molar-refractivity contribution in [2.45, 2.75) is 58.7 Å². The van der Waals surface area contributed by atoms with Crippen molar-refractivity contribution in [2.75, 3.05) is 26.3 Å². The zero-order valence-electron chi connectivity index (χ0n) is 20.7. The fourth-order valence-electron chi connectivity index (χ4n) is 6.62. The highest BCUT2D eigenvalue weighted by Gasteiger charge is 2.54. The summed E-state index contributed by atoms with van der Waals surface area (Å²) in [6.45, 7) is 9.40. The fourth-order valence-corrected chi connectivity index (χ4v) is 8.08. The zero-order chi connectivity index (χ0) is 24.7. The van der Waals surface area contributed by atoms with Crippen molar-refractivity contribution >= 4 is 28.8 Å². The number of ether oxygens (including phenoxy) is 2. The minimum absolute atomic E-state index is 0.00167. The van der Waals surface area contributed by atoms with Gasteiger partial charge in [0.1, 0.15) is 17.4 Å². The minimum Gasteiger partial charge on any atom is -0.486 e. The van der Waals surface area contributed by atoms with E-state index in [1.54, 1.807) is 11.3 Å². The largest absolute Gasteiger partial charge is 0.486 e. The Labute approximate surface area is 216 Å². The van der Waals surface area contributed by atoms with Crippen LogP contribution in [0.15, 0.2) is 24.3 Å². The topological polar surface area (TPSA) is 71.9 Å². The van der Waals surface area contributed by atoms with Crippen molar-refractivity contribution in [2.24, 2.45) is 23.2 Å². The molecule has 3 aliphatic rings. The lowest BCUT2D eigenvalue weighted by Gasteiger charge is -2.53. The van der Waals surface area contributed by atoms with Gasteiger partial charge in [0, 0.05) is 34.8 Å². The molecule has 1 aromatic carbocycles. The van der Waals surface area contributed by atoms with Crippen molar-refractivity contribution in [3.63, 3.8) is 0 Å². The highest BCUT2D eigenvalue weighted by molar-refractivity contribution is 7.11. The quantitative estimate of drug-likeness (QED) is 0.608. The number of rotatable bonds is 5. The summed E-state index contributed by atoms with van der Waals surface area (Å²) >= 11 is 7.80. The van der Waals surface area contributed by atoms with Crippen LogP contribution in [0.2, 0.25) is 5.02 Å². The zero-order valence-corrected chi connectivity index (χ0v) is 22.3. The van der Waals surface area contributed by atoms with E-state index in [-0.39, 0.29) is 35.0 Å². The van der Waals surface area contributed by atoms with Crippen molar-refractivity contribution in [1.82, 2.24) is 9.88 Å². The van der Waals surface area contributed by atoms with Crippen LogP contribution in [0, 0.1) is 23.2 Å². The van der Waals surface area contributed by atoms with Gasteiger partial charge in [-0.15, -0.1) is 11.3 Å². The second-order valence-electron chi connectivity index (χ2n) is 10.7. The Balaban J connectivity index is 1.31. The fraction of sp³-hybridized carbons (Fsp3) is 0.630. The van der Waals surface area contributed by atoms with E-state index in [0.29, 0.717) is 37.9 Å². The minimum atomic E-state index is -0.523. The molecule has 1 saturated heterocycles. The first-order valence-corrected chi connectivity index (χ1v) is 13.9. The molecule has 5 rings (SSSR count). The van der Waals surface area contributed by atoms with Crippen molar-refractivity contribution in [3.05, 3.63) is 44.9 Å². The summed E-state index contributed by atoms with van der Waals surface area (Å²) in [5.74, 6) is 0.867. The van der Waals surface area contributed by atoms with E-state index in [1.807, 2.05) is 36.1 Å². The van der Waals surface area contributed by atoms with Crippen LogP contribution in [0.4, 0.5) is 0 Å². The van der Waals surface area contributed by atoms with Crippen LogP contribution < -0.4 is 4.74 Å².